The molecule has 1 N–H and O–H groups in total. The molecule has 4 heteroatoms. The summed E-state index contributed by atoms with van der Waals surface area (Å²) in [5.74, 6) is 0.375. The lowest BCUT2D eigenvalue weighted by molar-refractivity contribution is -0.117. The fourth-order valence-corrected chi connectivity index (χ4v) is 2.27. The molecule has 1 amide bonds. The SMILES string of the molecule is Cc1cccc(OC(=O)c2ccc(NC(=O)C3CC3)cc2)c1C. The molecule has 0 atom stereocenters. The van der Waals surface area contributed by atoms with Crippen LogP contribution in [0.15, 0.2) is 42.5 Å². The van der Waals surface area contributed by atoms with Crippen LogP contribution in [0.5, 0.6) is 5.75 Å². The van der Waals surface area contributed by atoms with Crippen molar-refractivity contribution in [1.82, 2.24) is 0 Å². The Kier molecular flexibility index (Phi) is 4.15. The predicted octanol–water partition coefficient (Wildman–Crippen LogP) is 3.87. The lowest BCUT2D eigenvalue weighted by Gasteiger charge is -2.10. The summed E-state index contributed by atoms with van der Waals surface area (Å²) in [4.78, 5) is 23.9. The number of rotatable bonds is 4. The minimum absolute atomic E-state index is 0.0516. The molecule has 1 aliphatic carbocycles. The molecule has 1 saturated carbocycles. The van der Waals surface area contributed by atoms with E-state index in [4.69, 9.17) is 4.74 Å². The van der Waals surface area contributed by atoms with E-state index >= 15 is 0 Å². The van der Waals surface area contributed by atoms with E-state index in [1.54, 1.807) is 30.3 Å². The number of aryl methyl sites for hydroxylation is 1. The lowest BCUT2D eigenvalue weighted by atomic mass is 10.1. The highest BCUT2D eigenvalue weighted by atomic mass is 16.5. The summed E-state index contributed by atoms with van der Waals surface area (Å²) >= 11 is 0. The molecule has 0 aliphatic heterocycles. The van der Waals surface area contributed by atoms with E-state index in [0.29, 0.717) is 17.0 Å². The largest absolute Gasteiger partial charge is 0.423 e. The van der Waals surface area contributed by atoms with Crippen molar-refractivity contribution in [2.75, 3.05) is 5.32 Å². The number of amides is 1. The van der Waals surface area contributed by atoms with Crippen molar-refractivity contribution in [2.45, 2.75) is 26.7 Å². The molecule has 0 heterocycles. The maximum atomic E-state index is 12.2. The number of benzene rings is 2. The Morgan fingerprint density at radius 2 is 1.74 bits per heavy atom. The molecule has 0 aromatic heterocycles. The molecular weight excluding hydrogens is 290 g/mol. The van der Waals surface area contributed by atoms with Gasteiger partial charge in [0.1, 0.15) is 5.75 Å². The summed E-state index contributed by atoms with van der Waals surface area (Å²) in [6.45, 7) is 3.90. The molecule has 4 nitrogen and oxygen atoms in total. The zero-order chi connectivity index (χ0) is 16.4. The molecule has 0 unspecified atom stereocenters. The first-order valence-electron chi connectivity index (χ1n) is 7.74. The highest BCUT2D eigenvalue weighted by Gasteiger charge is 2.29. The monoisotopic (exact) mass is 309 g/mol. The van der Waals surface area contributed by atoms with Crippen molar-refractivity contribution in [2.24, 2.45) is 5.92 Å². The van der Waals surface area contributed by atoms with Crippen molar-refractivity contribution in [1.29, 1.82) is 0 Å². The van der Waals surface area contributed by atoms with Gasteiger partial charge in [0.25, 0.3) is 0 Å². The fraction of sp³-hybridized carbons (Fsp3) is 0.263. The van der Waals surface area contributed by atoms with Crippen LogP contribution in [-0.2, 0) is 4.79 Å². The number of hydrogen-bond acceptors (Lipinski definition) is 3. The molecule has 23 heavy (non-hydrogen) atoms. The molecule has 2 aromatic carbocycles. The minimum atomic E-state index is -0.404. The summed E-state index contributed by atoms with van der Waals surface area (Å²) in [5, 5.41) is 2.85. The molecule has 1 fully saturated rings. The fourth-order valence-electron chi connectivity index (χ4n) is 2.27. The van der Waals surface area contributed by atoms with E-state index in [1.165, 1.54) is 0 Å². The number of esters is 1. The van der Waals surface area contributed by atoms with Gasteiger partial charge in [0.2, 0.25) is 5.91 Å². The van der Waals surface area contributed by atoms with Crippen LogP contribution in [0.1, 0.15) is 34.3 Å². The average molecular weight is 309 g/mol. The Morgan fingerprint density at radius 1 is 1.04 bits per heavy atom. The van der Waals surface area contributed by atoms with Gasteiger partial charge in [-0.3, -0.25) is 4.79 Å². The van der Waals surface area contributed by atoms with E-state index in [2.05, 4.69) is 5.32 Å². The van der Waals surface area contributed by atoms with Crippen molar-refractivity contribution < 1.29 is 14.3 Å². The Balaban J connectivity index is 1.67. The molecule has 1 aliphatic rings. The Labute approximate surface area is 135 Å². The van der Waals surface area contributed by atoms with Gasteiger partial charge in [-0.2, -0.15) is 0 Å². The second kappa shape index (κ2) is 6.24. The Morgan fingerprint density at radius 3 is 2.39 bits per heavy atom. The summed E-state index contributed by atoms with van der Waals surface area (Å²) in [6, 6.07) is 12.4. The van der Waals surface area contributed by atoms with Crippen molar-refractivity contribution >= 4 is 17.6 Å². The van der Waals surface area contributed by atoms with Gasteiger partial charge in [0.05, 0.1) is 5.56 Å². The van der Waals surface area contributed by atoms with Crippen LogP contribution < -0.4 is 10.1 Å². The normalized spacial score (nSPS) is 13.5. The first-order chi connectivity index (χ1) is 11.0. The third-order valence-corrected chi connectivity index (χ3v) is 4.09. The van der Waals surface area contributed by atoms with Crippen molar-refractivity contribution in [3.05, 3.63) is 59.2 Å². The number of anilines is 1. The van der Waals surface area contributed by atoms with Crippen molar-refractivity contribution in [3.63, 3.8) is 0 Å². The summed E-state index contributed by atoms with van der Waals surface area (Å²) in [7, 11) is 0. The number of carbonyl (C=O) groups is 2. The molecule has 3 rings (SSSR count). The molecule has 118 valence electrons. The van der Waals surface area contributed by atoms with Gasteiger partial charge in [-0.1, -0.05) is 12.1 Å². The average Bonchev–Trinajstić information content (AvgIpc) is 3.37. The first-order valence-corrected chi connectivity index (χ1v) is 7.74. The Bertz CT molecular complexity index is 746. The summed E-state index contributed by atoms with van der Waals surface area (Å²) in [5.41, 5.74) is 3.18. The topological polar surface area (TPSA) is 55.4 Å². The zero-order valence-corrected chi connectivity index (χ0v) is 13.3. The van der Waals surface area contributed by atoms with Crippen LogP contribution in [0, 0.1) is 19.8 Å². The standard InChI is InChI=1S/C19H19NO3/c1-12-4-3-5-17(13(12)2)23-19(22)15-8-10-16(11-9-15)20-18(21)14-6-7-14/h3-5,8-11,14H,6-7H2,1-2H3,(H,20,21). The van der Waals surface area contributed by atoms with E-state index in [1.807, 2.05) is 26.0 Å². The summed E-state index contributed by atoms with van der Waals surface area (Å²) in [6.07, 6.45) is 1.93. The van der Waals surface area contributed by atoms with E-state index in [9.17, 15) is 9.59 Å². The highest BCUT2D eigenvalue weighted by Crippen LogP contribution is 2.30. The maximum Gasteiger partial charge on any atom is 0.343 e. The lowest BCUT2D eigenvalue weighted by Crippen LogP contribution is -2.14. The molecule has 0 spiro atoms. The molecule has 0 saturated heterocycles. The van der Waals surface area contributed by atoms with Gasteiger partial charge < -0.3 is 10.1 Å². The quantitative estimate of drug-likeness (QED) is 0.689. The van der Waals surface area contributed by atoms with Gasteiger partial charge in [0.15, 0.2) is 0 Å². The predicted molar refractivity (Wildman–Crippen MR) is 88.7 cm³/mol. The van der Waals surface area contributed by atoms with Gasteiger partial charge in [0, 0.05) is 11.6 Å². The third kappa shape index (κ3) is 3.59. The smallest absolute Gasteiger partial charge is 0.343 e. The molecule has 0 bridgehead atoms. The van der Waals surface area contributed by atoms with E-state index < -0.39 is 5.97 Å². The Hall–Kier alpha value is -2.62. The van der Waals surface area contributed by atoms with Gasteiger partial charge in [-0.05, 0) is 68.1 Å². The second-order valence-electron chi connectivity index (χ2n) is 5.93. The zero-order valence-electron chi connectivity index (χ0n) is 13.3. The number of ether oxygens (including phenoxy) is 1. The second-order valence-corrected chi connectivity index (χ2v) is 5.93. The van der Waals surface area contributed by atoms with Gasteiger partial charge in [-0.25, -0.2) is 4.79 Å². The first kappa shape index (κ1) is 15.3. The third-order valence-electron chi connectivity index (χ3n) is 4.09. The molecule has 0 radical (unpaired) electrons. The van der Waals surface area contributed by atoms with Crippen LogP contribution in [0.25, 0.3) is 0 Å². The van der Waals surface area contributed by atoms with E-state index in [-0.39, 0.29) is 11.8 Å². The van der Waals surface area contributed by atoms with Gasteiger partial charge in [-0.15, -0.1) is 0 Å². The van der Waals surface area contributed by atoms with Crippen LogP contribution in [-0.4, -0.2) is 11.9 Å². The van der Waals surface area contributed by atoms with Gasteiger partial charge >= 0.3 is 5.97 Å². The summed E-state index contributed by atoms with van der Waals surface area (Å²) < 4.78 is 5.45. The minimum Gasteiger partial charge on any atom is -0.423 e. The van der Waals surface area contributed by atoms with Crippen LogP contribution in [0.2, 0.25) is 0 Å². The molecule has 2 aromatic rings. The number of carbonyl (C=O) groups excluding carboxylic acids is 2. The number of hydrogen-bond donors (Lipinski definition) is 1. The highest BCUT2D eigenvalue weighted by molar-refractivity contribution is 5.95. The van der Waals surface area contributed by atoms with E-state index in [0.717, 1.165) is 24.0 Å². The van der Waals surface area contributed by atoms with Crippen LogP contribution >= 0.6 is 0 Å². The van der Waals surface area contributed by atoms with Crippen LogP contribution in [0.4, 0.5) is 5.69 Å². The maximum absolute atomic E-state index is 12.2. The molecular formula is C19H19NO3. The number of nitrogens with one attached hydrogen (secondary N) is 1. The van der Waals surface area contributed by atoms with Crippen molar-refractivity contribution in [3.8, 4) is 5.75 Å². The van der Waals surface area contributed by atoms with Crippen LogP contribution in [0.3, 0.4) is 0 Å².